The standard InChI is InChI=1S/C40H56N2O25/c1-15(43)41-29-34(60-22(8)50)31(57-19(5)47)26(12-54-17(3)45)64-38(29)56-14-28-33(59-21(7)49)36(62-24(10)52)37(40(66-28)63-25(11)53)67-39-30(42-16(2)44)35(61-23(9)51)32(58-20(6)48)27(65-39)13-55-18(4)46/h26-40H,12-14H2,1-11H3,(H,41,43)(H,42,44)/t26-,27+,28-,29-,30+,31-,32+,33-,34-,35+,36+,37-,38-,39-,40-/m1/s1. The number of hydrogen-bond donors (Lipinski definition) is 2. The minimum Gasteiger partial charge on any atom is -0.463 e. The highest BCUT2D eigenvalue weighted by molar-refractivity contribution is 5.74. The summed E-state index contributed by atoms with van der Waals surface area (Å²) in [6.45, 7) is 9.24. The number of carbonyl (C=O) groups excluding carboxylic acids is 11. The van der Waals surface area contributed by atoms with E-state index in [1.165, 1.54) is 0 Å². The lowest BCUT2D eigenvalue weighted by Gasteiger charge is -2.49. The van der Waals surface area contributed by atoms with Gasteiger partial charge in [0.15, 0.2) is 55.3 Å². The van der Waals surface area contributed by atoms with Gasteiger partial charge in [0.05, 0.1) is 6.61 Å². The van der Waals surface area contributed by atoms with Crippen LogP contribution in [0.2, 0.25) is 0 Å². The fourth-order valence-corrected chi connectivity index (χ4v) is 7.26. The van der Waals surface area contributed by atoms with Crippen molar-refractivity contribution in [1.82, 2.24) is 10.6 Å². The molecule has 3 aliphatic rings. The third-order valence-electron chi connectivity index (χ3n) is 9.34. The Morgan fingerprint density at radius 2 is 0.657 bits per heavy atom. The molecular formula is C40H56N2O25. The molecule has 0 saturated carbocycles. The molecule has 3 saturated heterocycles. The molecule has 3 aliphatic heterocycles. The molecule has 0 aromatic rings. The molecule has 0 unspecified atom stereocenters. The summed E-state index contributed by atoms with van der Waals surface area (Å²) in [5.41, 5.74) is 0. The third-order valence-corrected chi connectivity index (χ3v) is 9.34. The topological polar surface area (TPSA) is 341 Å². The molecule has 0 radical (unpaired) electrons. The SMILES string of the molecule is CC(=O)N[C@@H]1[C@@H](O[C@H]2[C@H](OC(C)=O)O[C@H](CO[C@@H]3O[C@H](COC(C)=O)[C@@H](OC(C)=O)[C@H](OC(C)=O)[C@H]3NC(C)=O)[C@@H](OC(C)=O)[C@@H]2OC(C)=O)O[C@@H](COC(C)=O)[C@H](OC(C)=O)[C@H]1OC(C)=O. The van der Waals surface area contributed by atoms with Crippen LogP contribution >= 0.6 is 0 Å². The molecule has 3 rings (SSSR count). The van der Waals surface area contributed by atoms with E-state index in [2.05, 4.69) is 10.6 Å². The van der Waals surface area contributed by atoms with Crippen molar-refractivity contribution >= 4 is 65.5 Å². The Morgan fingerprint density at radius 3 is 1.03 bits per heavy atom. The van der Waals surface area contributed by atoms with Crippen LogP contribution in [-0.2, 0) is 119 Å². The van der Waals surface area contributed by atoms with Gasteiger partial charge in [-0.3, -0.25) is 52.7 Å². The largest absolute Gasteiger partial charge is 0.463 e. The van der Waals surface area contributed by atoms with Crippen LogP contribution in [0.3, 0.4) is 0 Å². The van der Waals surface area contributed by atoms with Gasteiger partial charge in [-0.15, -0.1) is 0 Å². The number of esters is 9. The Labute approximate surface area is 382 Å². The molecule has 2 N–H and O–H groups in total. The zero-order chi connectivity index (χ0) is 50.4. The summed E-state index contributed by atoms with van der Waals surface area (Å²) in [7, 11) is 0. The van der Waals surface area contributed by atoms with Gasteiger partial charge < -0.3 is 76.9 Å². The van der Waals surface area contributed by atoms with E-state index < -0.39 is 177 Å². The summed E-state index contributed by atoms with van der Waals surface area (Å²) >= 11 is 0. The summed E-state index contributed by atoms with van der Waals surface area (Å²) in [5.74, 6) is -9.78. The van der Waals surface area contributed by atoms with Crippen LogP contribution < -0.4 is 10.6 Å². The van der Waals surface area contributed by atoms with Crippen LogP contribution in [0.25, 0.3) is 0 Å². The summed E-state index contributed by atoms with van der Waals surface area (Å²) in [6.07, 6.45) is -22.0. The van der Waals surface area contributed by atoms with E-state index in [9.17, 15) is 52.7 Å². The Hall–Kier alpha value is -6.03. The van der Waals surface area contributed by atoms with Crippen molar-refractivity contribution in [2.75, 3.05) is 19.8 Å². The van der Waals surface area contributed by atoms with Gasteiger partial charge in [0.1, 0.15) is 43.6 Å². The molecule has 2 amide bonds. The first-order valence-electron chi connectivity index (χ1n) is 20.5. The molecule has 0 aromatic heterocycles. The van der Waals surface area contributed by atoms with E-state index in [0.29, 0.717) is 0 Å². The second kappa shape index (κ2) is 25.2. The molecule has 67 heavy (non-hydrogen) atoms. The molecule has 0 spiro atoms. The van der Waals surface area contributed by atoms with Crippen LogP contribution in [-0.4, -0.2) is 177 Å². The van der Waals surface area contributed by atoms with E-state index in [1.54, 1.807) is 0 Å². The van der Waals surface area contributed by atoms with Gasteiger partial charge in [-0.05, 0) is 0 Å². The first-order chi connectivity index (χ1) is 31.3. The second-order valence-corrected chi connectivity index (χ2v) is 15.2. The van der Waals surface area contributed by atoms with Gasteiger partial charge in [-0.2, -0.15) is 0 Å². The molecular weight excluding hydrogens is 908 g/mol. The summed E-state index contributed by atoms with van der Waals surface area (Å²) in [6, 6.07) is -3.10. The molecule has 376 valence electrons. The van der Waals surface area contributed by atoms with Crippen molar-refractivity contribution < 1.29 is 119 Å². The fourth-order valence-electron chi connectivity index (χ4n) is 7.26. The van der Waals surface area contributed by atoms with Gasteiger partial charge in [0.25, 0.3) is 0 Å². The number of carbonyl (C=O) groups is 11. The van der Waals surface area contributed by atoms with E-state index >= 15 is 0 Å². The van der Waals surface area contributed by atoms with E-state index in [-0.39, 0.29) is 0 Å². The van der Waals surface area contributed by atoms with Crippen molar-refractivity contribution in [3.8, 4) is 0 Å². The summed E-state index contributed by atoms with van der Waals surface area (Å²) < 4.78 is 79.6. The highest BCUT2D eigenvalue weighted by Crippen LogP contribution is 2.36. The van der Waals surface area contributed by atoms with Gasteiger partial charge in [-0.25, -0.2) is 0 Å². The Morgan fingerprint density at radius 1 is 0.343 bits per heavy atom. The monoisotopic (exact) mass is 964 g/mol. The normalized spacial score (nSPS) is 31.2. The lowest BCUT2D eigenvalue weighted by Crippen LogP contribution is -2.69. The molecule has 27 nitrogen and oxygen atoms in total. The zero-order valence-electron chi connectivity index (χ0n) is 38.5. The maximum atomic E-state index is 12.9. The first kappa shape index (κ1) is 55.3. The van der Waals surface area contributed by atoms with Crippen molar-refractivity contribution in [1.29, 1.82) is 0 Å². The van der Waals surface area contributed by atoms with Crippen molar-refractivity contribution in [2.45, 2.75) is 168 Å². The highest BCUT2D eigenvalue weighted by Gasteiger charge is 2.58. The van der Waals surface area contributed by atoms with Gasteiger partial charge in [0, 0.05) is 76.2 Å². The third kappa shape index (κ3) is 17.0. The van der Waals surface area contributed by atoms with Crippen molar-refractivity contribution in [3.05, 3.63) is 0 Å². The van der Waals surface area contributed by atoms with E-state index in [1.807, 2.05) is 0 Å². The quantitative estimate of drug-likeness (QED) is 0.109. The second-order valence-electron chi connectivity index (χ2n) is 15.2. The number of nitrogens with one attached hydrogen (secondary N) is 2. The smallest absolute Gasteiger partial charge is 0.305 e. The zero-order valence-corrected chi connectivity index (χ0v) is 38.5. The molecule has 3 heterocycles. The van der Waals surface area contributed by atoms with Crippen LogP contribution in [0, 0.1) is 0 Å². The van der Waals surface area contributed by atoms with Crippen LogP contribution in [0.15, 0.2) is 0 Å². The average Bonchev–Trinajstić information content (AvgIpc) is 3.17. The molecule has 0 bridgehead atoms. The minimum absolute atomic E-state index is 0.597. The van der Waals surface area contributed by atoms with Crippen LogP contribution in [0.1, 0.15) is 76.2 Å². The maximum absolute atomic E-state index is 12.9. The summed E-state index contributed by atoms with van der Waals surface area (Å²) in [5, 5.41) is 5.01. The lowest BCUT2D eigenvalue weighted by molar-refractivity contribution is -0.355. The Balaban J connectivity index is 2.19. The molecule has 0 aromatic carbocycles. The minimum atomic E-state index is -1.98. The van der Waals surface area contributed by atoms with Gasteiger partial charge in [-0.1, -0.05) is 0 Å². The Kier molecular flexibility index (Phi) is 20.8. The maximum Gasteiger partial charge on any atom is 0.305 e. The molecule has 27 heteroatoms. The Bertz CT molecular complexity index is 1860. The average molecular weight is 965 g/mol. The van der Waals surface area contributed by atoms with Gasteiger partial charge in [0.2, 0.25) is 18.1 Å². The van der Waals surface area contributed by atoms with E-state index in [4.69, 9.17) is 66.3 Å². The number of rotatable bonds is 18. The predicted molar refractivity (Wildman–Crippen MR) is 210 cm³/mol. The van der Waals surface area contributed by atoms with Crippen LogP contribution in [0.4, 0.5) is 0 Å². The fraction of sp³-hybridized carbons (Fsp3) is 0.725. The number of amides is 2. The van der Waals surface area contributed by atoms with Crippen LogP contribution in [0.5, 0.6) is 0 Å². The van der Waals surface area contributed by atoms with Gasteiger partial charge >= 0.3 is 53.7 Å². The first-order valence-corrected chi connectivity index (χ1v) is 20.5. The van der Waals surface area contributed by atoms with Crippen molar-refractivity contribution in [2.24, 2.45) is 0 Å². The van der Waals surface area contributed by atoms with E-state index in [0.717, 1.165) is 76.2 Å². The predicted octanol–water partition coefficient (Wildman–Crippen LogP) is -2.15. The number of ether oxygens (including phenoxy) is 14. The number of hydrogen-bond acceptors (Lipinski definition) is 25. The molecule has 3 fully saturated rings. The highest BCUT2D eigenvalue weighted by atomic mass is 16.8. The molecule has 0 aliphatic carbocycles. The molecule has 15 atom stereocenters. The van der Waals surface area contributed by atoms with Crippen molar-refractivity contribution in [3.63, 3.8) is 0 Å². The summed E-state index contributed by atoms with van der Waals surface area (Å²) in [4.78, 5) is 137. The lowest BCUT2D eigenvalue weighted by atomic mass is 9.94.